The number of likely N-dealkylation sites (N-methyl/N-ethyl adjacent to an activating group) is 1. The van der Waals surface area contributed by atoms with Gasteiger partial charge < -0.3 is 15.5 Å². The molecule has 1 aliphatic heterocycles. The van der Waals surface area contributed by atoms with Crippen molar-refractivity contribution in [3.05, 3.63) is 28.2 Å². The second-order valence-electron chi connectivity index (χ2n) is 8.49. The molecule has 28 heavy (non-hydrogen) atoms. The van der Waals surface area contributed by atoms with Crippen LogP contribution >= 0.6 is 23.2 Å². The number of piperazine rings is 1. The van der Waals surface area contributed by atoms with Gasteiger partial charge in [0, 0.05) is 40.3 Å². The van der Waals surface area contributed by atoms with Gasteiger partial charge in [-0.2, -0.15) is 0 Å². The fourth-order valence-electron chi connectivity index (χ4n) is 4.45. The summed E-state index contributed by atoms with van der Waals surface area (Å²) in [6, 6.07) is 5.83. The standard InChI is InChI=1S/C21H32Cl2N4O/c1-25(2)20(28)21(24)9-6-16(7-10-21)8-11-26-12-14-27(15-13-26)18-5-3-4-17(22)19(18)23/h3-5,16H,6-15,24H2,1-2H3/t16-,21-. The molecule has 7 heteroatoms. The lowest BCUT2D eigenvalue weighted by molar-refractivity contribution is -0.136. The molecule has 0 unspecified atom stereocenters. The summed E-state index contributed by atoms with van der Waals surface area (Å²) in [4.78, 5) is 18.8. The van der Waals surface area contributed by atoms with Crippen LogP contribution in [0.25, 0.3) is 0 Å². The summed E-state index contributed by atoms with van der Waals surface area (Å²) in [5, 5.41) is 1.26. The molecule has 0 radical (unpaired) electrons. The lowest BCUT2D eigenvalue weighted by atomic mass is 9.75. The third kappa shape index (κ3) is 4.93. The zero-order valence-corrected chi connectivity index (χ0v) is 18.5. The van der Waals surface area contributed by atoms with E-state index >= 15 is 0 Å². The molecule has 1 heterocycles. The number of nitrogens with two attached hydrogens (primary N) is 1. The van der Waals surface area contributed by atoms with E-state index in [0.717, 1.165) is 64.1 Å². The Kier molecular flexibility index (Phi) is 7.13. The summed E-state index contributed by atoms with van der Waals surface area (Å²) in [6.07, 6.45) is 4.89. The third-order valence-electron chi connectivity index (χ3n) is 6.33. The number of benzene rings is 1. The van der Waals surface area contributed by atoms with Crippen LogP contribution in [0.4, 0.5) is 5.69 Å². The number of amides is 1. The van der Waals surface area contributed by atoms with Gasteiger partial charge in [-0.3, -0.25) is 9.69 Å². The van der Waals surface area contributed by atoms with Gasteiger partial charge in [-0.05, 0) is 56.7 Å². The first-order valence-corrected chi connectivity index (χ1v) is 11.0. The number of carbonyl (C=O) groups is 1. The number of nitrogens with zero attached hydrogens (tertiary/aromatic N) is 3. The minimum atomic E-state index is -0.651. The summed E-state index contributed by atoms with van der Waals surface area (Å²) >= 11 is 12.5. The Morgan fingerprint density at radius 2 is 1.82 bits per heavy atom. The topological polar surface area (TPSA) is 52.8 Å². The quantitative estimate of drug-likeness (QED) is 0.782. The van der Waals surface area contributed by atoms with Gasteiger partial charge in [-0.1, -0.05) is 29.3 Å². The highest BCUT2D eigenvalue weighted by molar-refractivity contribution is 6.43. The van der Waals surface area contributed by atoms with E-state index in [1.165, 1.54) is 6.42 Å². The van der Waals surface area contributed by atoms with Crippen LogP contribution in [0.2, 0.25) is 10.0 Å². The van der Waals surface area contributed by atoms with Crippen LogP contribution in [0, 0.1) is 5.92 Å². The summed E-state index contributed by atoms with van der Waals surface area (Å²) < 4.78 is 0. The first-order chi connectivity index (χ1) is 13.3. The second kappa shape index (κ2) is 9.21. The molecule has 0 spiro atoms. The van der Waals surface area contributed by atoms with Gasteiger partial charge in [-0.25, -0.2) is 0 Å². The van der Waals surface area contributed by atoms with Crippen molar-refractivity contribution in [2.24, 2.45) is 11.7 Å². The highest BCUT2D eigenvalue weighted by atomic mass is 35.5. The Morgan fingerprint density at radius 3 is 2.43 bits per heavy atom. The summed E-state index contributed by atoms with van der Waals surface area (Å²) in [5.74, 6) is 0.744. The molecule has 1 saturated carbocycles. The molecule has 5 nitrogen and oxygen atoms in total. The number of carbonyl (C=O) groups excluding carboxylic acids is 1. The average Bonchev–Trinajstić information content (AvgIpc) is 2.69. The van der Waals surface area contributed by atoms with E-state index in [4.69, 9.17) is 28.9 Å². The van der Waals surface area contributed by atoms with Gasteiger partial charge in [0.05, 0.1) is 21.3 Å². The lowest BCUT2D eigenvalue weighted by Crippen LogP contribution is -2.55. The molecule has 2 N–H and O–H groups in total. The highest BCUT2D eigenvalue weighted by Crippen LogP contribution is 2.34. The van der Waals surface area contributed by atoms with Crippen LogP contribution < -0.4 is 10.6 Å². The maximum atomic E-state index is 12.3. The molecule has 1 aromatic rings. The lowest BCUT2D eigenvalue weighted by Gasteiger charge is -2.39. The zero-order chi connectivity index (χ0) is 20.3. The van der Waals surface area contributed by atoms with Crippen molar-refractivity contribution in [2.75, 3.05) is 51.7 Å². The van der Waals surface area contributed by atoms with Crippen LogP contribution in [0.1, 0.15) is 32.1 Å². The maximum Gasteiger partial charge on any atom is 0.242 e. The van der Waals surface area contributed by atoms with Crippen LogP contribution in [0.5, 0.6) is 0 Å². The normalized spacial score (nSPS) is 26.3. The first kappa shape index (κ1) is 21.7. The van der Waals surface area contributed by atoms with Gasteiger partial charge in [0.15, 0.2) is 0 Å². The van der Waals surface area contributed by atoms with Crippen molar-refractivity contribution in [3.8, 4) is 0 Å². The summed E-state index contributed by atoms with van der Waals surface area (Å²) in [5.41, 5.74) is 6.75. The van der Waals surface area contributed by atoms with Crippen molar-refractivity contribution in [1.82, 2.24) is 9.80 Å². The van der Waals surface area contributed by atoms with Crippen molar-refractivity contribution < 1.29 is 4.79 Å². The fraction of sp³-hybridized carbons (Fsp3) is 0.667. The molecule has 0 bridgehead atoms. The van der Waals surface area contributed by atoms with Crippen LogP contribution in [0.3, 0.4) is 0 Å². The van der Waals surface area contributed by atoms with E-state index in [0.29, 0.717) is 16.0 Å². The molecule has 156 valence electrons. The van der Waals surface area contributed by atoms with E-state index < -0.39 is 5.54 Å². The molecule has 0 atom stereocenters. The average molecular weight is 427 g/mol. The zero-order valence-electron chi connectivity index (χ0n) is 17.0. The SMILES string of the molecule is CN(C)C(=O)[C@]1(N)CC[C@H](CCN2CCN(c3cccc(Cl)c3Cl)CC2)CC1. The largest absolute Gasteiger partial charge is 0.368 e. The highest BCUT2D eigenvalue weighted by Gasteiger charge is 2.39. The fourth-order valence-corrected chi connectivity index (χ4v) is 4.87. The minimum absolute atomic E-state index is 0.0711. The van der Waals surface area contributed by atoms with Crippen LogP contribution in [0.15, 0.2) is 18.2 Å². The van der Waals surface area contributed by atoms with E-state index in [1.54, 1.807) is 19.0 Å². The molecule has 1 saturated heterocycles. The van der Waals surface area contributed by atoms with Crippen molar-refractivity contribution >= 4 is 34.8 Å². The van der Waals surface area contributed by atoms with Gasteiger partial charge >= 0.3 is 0 Å². The Labute approximate surface area is 178 Å². The molecule has 1 aromatic carbocycles. The van der Waals surface area contributed by atoms with Crippen LogP contribution in [-0.2, 0) is 4.79 Å². The smallest absolute Gasteiger partial charge is 0.242 e. The predicted molar refractivity (Wildman–Crippen MR) is 117 cm³/mol. The third-order valence-corrected chi connectivity index (χ3v) is 7.14. The van der Waals surface area contributed by atoms with Gasteiger partial charge in [0.1, 0.15) is 0 Å². The van der Waals surface area contributed by atoms with Gasteiger partial charge in [-0.15, -0.1) is 0 Å². The molecule has 1 aliphatic carbocycles. The van der Waals surface area contributed by atoms with E-state index in [2.05, 4.69) is 9.80 Å². The molecule has 3 rings (SSSR count). The van der Waals surface area contributed by atoms with Crippen molar-refractivity contribution in [1.29, 1.82) is 0 Å². The Hall–Kier alpha value is -1.01. The maximum absolute atomic E-state index is 12.3. The second-order valence-corrected chi connectivity index (χ2v) is 9.27. The monoisotopic (exact) mass is 426 g/mol. The molecule has 2 fully saturated rings. The van der Waals surface area contributed by atoms with Gasteiger partial charge in [0.2, 0.25) is 5.91 Å². The number of hydrogen-bond donors (Lipinski definition) is 1. The molecule has 2 aliphatic rings. The number of anilines is 1. The van der Waals surface area contributed by atoms with Crippen LogP contribution in [-0.4, -0.2) is 68.1 Å². The number of halogens is 2. The number of hydrogen-bond acceptors (Lipinski definition) is 4. The Morgan fingerprint density at radius 1 is 1.18 bits per heavy atom. The Balaban J connectivity index is 1.42. The number of rotatable bonds is 5. The first-order valence-electron chi connectivity index (χ1n) is 10.2. The summed E-state index contributed by atoms with van der Waals surface area (Å²) in [7, 11) is 3.58. The van der Waals surface area contributed by atoms with Crippen molar-refractivity contribution in [3.63, 3.8) is 0 Å². The predicted octanol–water partition coefficient (Wildman–Crippen LogP) is 3.48. The molecule has 1 amide bonds. The van der Waals surface area contributed by atoms with E-state index in [-0.39, 0.29) is 5.91 Å². The molecule has 0 aromatic heterocycles. The van der Waals surface area contributed by atoms with E-state index in [1.807, 2.05) is 18.2 Å². The van der Waals surface area contributed by atoms with Crippen molar-refractivity contribution in [2.45, 2.75) is 37.6 Å². The molecular formula is C21H32Cl2N4O. The molecular weight excluding hydrogens is 395 g/mol. The minimum Gasteiger partial charge on any atom is -0.368 e. The van der Waals surface area contributed by atoms with E-state index in [9.17, 15) is 4.79 Å². The Bertz CT molecular complexity index is 681. The van der Waals surface area contributed by atoms with Gasteiger partial charge in [0.25, 0.3) is 0 Å². The summed E-state index contributed by atoms with van der Waals surface area (Å²) in [6.45, 7) is 5.12.